The van der Waals surface area contributed by atoms with Gasteiger partial charge in [-0.25, -0.2) is 0 Å². The number of rotatable bonds is 10. The summed E-state index contributed by atoms with van der Waals surface area (Å²) >= 11 is 3.41. The molecule has 0 aliphatic heterocycles. The summed E-state index contributed by atoms with van der Waals surface area (Å²) in [6, 6.07) is 7.63. The fourth-order valence-electron chi connectivity index (χ4n) is 4.15. The molecule has 1 aromatic carbocycles. The van der Waals surface area contributed by atoms with Crippen LogP contribution in [-0.2, 0) is 33.3 Å². The second-order valence-electron chi connectivity index (χ2n) is 8.23. The van der Waals surface area contributed by atoms with E-state index in [4.69, 9.17) is 23.7 Å². The topological polar surface area (TPSA) is 110 Å². The molecule has 1 saturated carbocycles. The normalized spacial score (nSPS) is 21.1. The quantitative estimate of drug-likeness (QED) is 0.330. The van der Waals surface area contributed by atoms with Gasteiger partial charge in [-0.3, -0.25) is 19.4 Å². The van der Waals surface area contributed by atoms with Crippen molar-refractivity contribution in [2.45, 2.75) is 63.9 Å². The second kappa shape index (κ2) is 11.1. The van der Waals surface area contributed by atoms with Gasteiger partial charge in [-0.15, -0.1) is 0 Å². The van der Waals surface area contributed by atoms with E-state index in [9.17, 15) is 14.4 Å². The van der Waals surface area contributed by atoms with E-state index < -0.39 is 35.7 Å². The van der Waals surface area contributed by atoms with Gasteiger partial charge in [-0.2, -0.15) is 0 Å². The maximum atomic E-state index is 11.9. The van der Waals surface area contributed by atoms with E-state index >= 15 is 0 Å². The van der Waals surface area contributed by atoms with Gasteiger partial charge in [0.05, 0.1) is 12.1 Å². The monoisotopic (exact) mass is 537 g/mol. The molecule has 1 fully saturated rings. The Morgan fingerprint density at radius 3 is 2.41 bits per heavy atom. The van der Waals surface area contributed by atoms with Crippen molar-refractivity contribution in [1.82, 2.24) is 4.98 Å². The molecule has 3 rings (SSSR count). The lowest BCUT2D eigenvalue weighted by atomic mass is 9.71. The third kappa shape index (κ3) is 6.44. The van der Waals surface area contributed by atoms with Gasteiger partial charge < -0.3 is 23.7 Å². The van der Waals surface area contributed by atoms with Crippen LogP contribution in [0, 0.1) is 0 Å². The molecule has 9 nitrogen and oxygen atoms in total. The maximum absolute atomic E-state index is 11.9. The molecule has 2 aromatic rings. The van der Waals surface area contributed by atoms with Crippen LogP contribution in [0.1, 0.15) is 40.0 Å². The van der Waals surface area contributed by atoms with Gasteiger partial charge >= 0.3 is 17.9 Å². The maximum Gasteiger partial charge on any atom is 0.303 e. The van der Waals surface area contributed by atoms with Gasteiger partial charge in [0.1, 0.15) is 23.6 Å². The highest BCUT2D eigenvalue weighted by Gasteiger charge is 2.56. The summed E-state index contributed by atoms with van der Waals surface area (Å²) in [7, 11) is 1.52. The molecule has 0 saturated heterocycles. The Kier molecular flexibility index (Phi) is 8.48. The van der Waals surface area contributed by atoms with Gasteiger partial charge in [-0.1, -0.05) is 0 Å². The zero-order chi connectivity index (χ0) is 24.9. The number of hydrogen-bond donors (Lipinski definition) is 0. The first-order valence-electron chi connectivity index (χ1n) is 10.9. The Bertz CT molecular complexity index is 1050. The summed E-state index contributed by atoms with van der Waals surface area (Å²) in [4.78, 5) is 39.2. The van der Waals surface area contributed by atoms with Crippen molar-refractivity contribution < 1.29 is 38.1 Å². The third-order valence-corrected chi connectivity index (χ3v) is 6.09. The first-order chi connectivity index (χ1) is 16.1. The van der Waals surface area contributed by atoms with Gasteiger partial charge in [-0.05, 0) is 34.1 Å². The smallest absolute Gasteiger partial charge is 0.303 e. The molecule has 184 valence electrons. The summed E-state index contributed by atoms with van der Waals surface area (Å²) in [5.41, 5.74) is -0.122. The predicted octanol–water partition coefficient (Wildman–Crippen LogP) is 3.74. The van der Waals surface area contributed by atoms with Crippen LogP contribution >= 0.6 is 15.9 Å². The molecule has 1 aliphatic rings. The van der Waals surface area contributed by atoms with E-state index in [1.807, 2.05) is 24.3 Å². The van der Waals surface area contributed by atoms with Crippen LogP contribution in [0.3, 0.4) is 0 Å². The first-order valence-corrected chi connectivity index (χ1v) is 11.7. The average Bonchev–Trinajstić information content (AvgIpc) is 2.73. The van der Waals surface area contributed by atoms with Gasteiger partial charge in [0.25, 0.3) is 0 Å². The fourth-order valence-corrected chi connectivity index (χ4v) is 4.50. The average molecular weight is 538 g/mol. The number of methoxy groups -OCH3 is 1. The molecule has 0 N–H and O–H groups in total. The molecule has 0 spiro atoms. The Hall–Kier alpha value is -2.72. The number of aromatic nitrogens is 1. The predicted molar refractivity (Wildman–Crippen MR) is 125 cm³/mol. The highest BCUT2D eigenvalue weighted by atomic mass is 79.9. The Labute approximate surface area is 206 Å². The van der Waals surface area contributed by atoms with Crippen molar-refractivity contribution in [2.24, 2.45) is 0 Å². The van der Waals surface area contributed by atoms with E-state index in [2.05, 4.69) is 20.9 Å². The Morgan fingerprint density at radius 1 is 1.09 bits per heavy atom. The molecule has 10 heteroatoms. The molecule has 0 unspecified atom stereocenters. The van der Waals surface area contributed by atoms with Crippen molar-refractivity contribution >= 4 is 44.7 Å². The number of ether oxygens (including phenoxy) is 5. The number of esters is 3. The van der Waals surface area contributed by atoms with Crippen LogP contribution in [0.4, 0.5) is 0 Å². The number of carbonyl (C=O) groups is 3. The zero-order valence-corrected chi connectivity index (χ0v) is 21.1. The molecule has 0 radical (unpaired) electrons. The summed E-state index contributed by atoms with van der Waals surface area (Å²) in [6.45, 7) is 3.84. The van der Waals surface area contributed by atoms with Crippen LogP contribution in [0.15, 0.2) is 34.9 Å². The summed E-state index contributed by atoms with van der Waals surface area (Å²) in [5, 5.41) is 0.980. The summed E-state index contributed by atoms with van der Waals surface area (Å²) in [5.74, 6) is -0.880. The number of fused-ring (bicyclic) bond motifs is 1. The van der Waals surface area contributed by atoms with Crippen LogP contribution < -0.4 is 4.74 Å². The molecule has 34 heavy (non-hydrogen) atoms. The van der Waals surface area contributed by atoms with Gasteiger partial charge in [0.15, 0.2) is 6.10 Å². The van der Waals surface area contributed by atoms with Gasteiger partial charge in [0, 0.05) is 69.3 Å². The minimum atomic E-state index is -0.924. The lowest BCUT2D eigenvalue weighted by Crippen LogP contribution is -2.63. The molecule has 1 aromatic heterocycles. The standard InChI is InChI=1S/C24H28BrNO8/c1-14(27)31-8-7-22(32-15(2)28)23(33-16(3)29)24(30-4)11-20(12-24)34-19-6-5-17-9-18(25)13-26-21(17)10-19/h5-6,9-10,13,20,22-23H,7-8,11-12H2,1-4H3/t20-,22-,23-,24-/m0/s1. The number of halogens is 1. The van der Waals surface area contributed by atoms with Crippen molar-refractivity contribution in [3.63, 3.8) is 0 Å². The number of pyridine rings is 1. The zero-order valence-electron chi connectivity index (χ0n) is 19.5. The minimum absolute atomic E-state index is 0.00493. The van der Waals surface area contributed by atoms with E-state index in [1.54, 1.807) is 6.20 Å². The highest BCUT2D eigenvalue weighted by molar-refractivity contribution is 9.10. The van der Waals surface area contributed by atoms with Crippen molar-refractivity contribution in [3.8, 4) is 5.75 Å². The van der Waals surface area contributed by atoms with E-state index in [1.165, 1.54) is 27.9 Å². The lowest BCUT2D eigenvalue weighted by molar-refractivity contribution is -0.231. The van der Waals surface area contributed by atoms with Crippen molar-refractivity contribution in [2.75, 3.05) is 13.7 Å². The number of nitrogens with zero attached hydrogens (tertiary/aromatic N) is 1. The molecule has 1 aliphatic carbocycles. The highest BCUT2D eigenvalue weighted by Crippen LogP contribution is 2.44. The Morgan fingerprint density at radius 2 is 1.79 bits per heavy atom. The largest absolute Gasteiger partial charge is 0.490 e. The van der Waals surface area contributed by atoms with Crippen LogP contribution in [-0.4, -0.2) is 60.5 Å². The van der Waals surface area contributed by atoms with Crippen LogP contribution in [0.5, 0.6) is 5.75 Å². The van der Waals surface area contributed by atoms with E-state index in [-0.39, 0.29) is 19.1 Å². The first kappa shape index (κ1) is 25.9. The van der Waals surface area contributed by atoms with E-state index in [0.717, 1.165) is 15.4 Å². The molecular weight excluding hydrogens is 510 g/mol. The fraction of sp³-hybridized carbons (Fsp3) is 0.500. The molecule has 1 heterocycles. The van der Waals surface area contributed by atoms with Crippen LogP contribution in [0.2, 0.25) is 0 Å². The Balaban J connectivity index is 1.75. The lowest BCUT2D eigenvalue weighted by Gasteiger charge is -2.51. The van der Waals surface area contributed by atoms with Crippen molar-refractivity contribution in [1.29, 1.82) is 0 Å². The third-order valence-electron chi connectivity index (χ3n) is 5.65. The molecule has 0 bridgehead atoms. The molecular formula is C24H28BrNO8. The number of benzene rings is 1. The molecule has 2 atom stereocenters. The molecule has 0 amide bonds. The summed E-state index contributed by atoms with van der Waals surface area (Å²) in [6.07, 6.45) is 0.712. The number of hydrogen-bond acceptors (Lipinski definition) is 9. The minimum Gasteiger partial charge on any atom is -0.490 e. The van der Waals surface area contributed by atoms with E-state index in [0.29, 0.717) is 18.6 Å². The SMILES string of the molecule is CO[C@]1([C@@H](OC(C)=O)[C@H](CCOC(C)=O)OC(C)=O)C[C@@H](Oc2ccc3cc(Br)cnc3c2)C1. The van der Waals surface area contributed by atoms with Crippen LogP contribution in [0.25, 0.3) is 10.9 Å². The van der Waals surface area contributed by atoms with Gasteiger partial charge in [0.2, 0.25) is 0 Å². The second-order valence-corrected chi connectivity index (χ2v) is 9.15. The summed E-state index contributed by atoms with van der Waals surface area (Å²) < 4.78 is 28.9. The number of carbonyl (C=O) groups excluding carboxylic acids is 3. The van der Waals surface area contributed by atoms with Crippen molar-refractivity contribution in [3.05, 3.63) is 34.9 Å².